The summed E-state index contributed by atoms with van der Waals surface area (Å²) in [5.41, 5.74) is 6.23. The van der Waals surface area contributed by atoms with Gasteiger partial charge >= 0.3 is 5.97 Å². The molecule has 7 heteroatoms. The Morgan fingerprint density at radius 1 is 1.24 bits per heavy atom. The van der Waals surface area contributed by atoms with E-state index < -0.39 is 23.5 Å². The summed E-state index contributed by atoms with van der Waals surface area (Å²) in [6, 6.07) is 7.23. The minimum atomic E-state index is -0.955. The van der Waals surface area contributed by atoms with Crippen molar-refractivity contribution < 1.29 is 28.2 Å². The van der Waals surface area contributed by atoms with E-state index >= 15 is 0 Å². The average molecular weight is 347 g/mol. The van der Waals surface area contributed by atoms with Crippen LogP contribution in [0.1, 0.15) is 24.0 Å². The van der Waals surface area contributed by atoms with Crippen LogP contribution in [0.15, 0.2) is 47.9 Å². The molecule has 2 aromatic carbocycles. The van der Waals surface area contributed by atoms with Gasteiger partial charge in [0.25, 0.3) is 0 Å². The fraction of sp³-hybridized carbons (Fsp3) is 0.167. The molecule has 25 heavy (non-hydrogen) atoms. The molecular formula is C18H15F2NO4. The zero-order chi connectivity index (χ0) is 18.1. The van der Waals surface area contributed by atoms with E-state index in [1.165, 1.54) is 24.3 Å². The fourth-order valence-corrected chi connectivity index (χ4v) is 2.81. The van der Waals surface area contributed by atoms with Crippen molar-refractivity contribution in [1.29, 1.82) is 0 Å². The van der Waals surface area contributed by atoms with Crippen LogP contribution in [-0.2, 0) is 9.53 Å². The molecule has 130 valence electrons. The first-order valence-corrected chi connectivity index (χ1v) is 7.54. The minimum absolute atomic E-state index is 0.0441. The van der Waals surface area contributed by atoms with Crippen molar-refractivity contribution in [1.82, 2.24) is 0 Å². The van der Waals surface area contributed by atoms with E-state index in [0.717, 1.165) is 12.1 Å². The number of ether oxygens (including phenoxy) is 2. The largest absolute Gasteiger partial charge is 0.508 e. The normalized spacial score (nSPS) is 16.2. The molecule has 0 unspecified atom stereocenters. The Morgan fingerprint density at radius 2 is 1.96 bits per heavy atom. The summed E-state index contributed by atoms with van der Waals surface area (Å²) >= 11 is 0. The maximum atomic E-state index is 14.4. The maximum absolute atomic E-state index is 14.4. The van der Waals surface area contributed by atoms with Gasteiger partial charge in [-0.05, 0) is 19.1 Å². The van der Waals surface area contributed by atoms with Crippen LogP contribution in [0.2, 0.25) is 0 Å². The topological polar surface area (TPSA) is 81.8 Å². The van der Waals surface area contributed by atoms with E-state index in [9.17, 15) is 18.7 Å². The number of rotatable bonds is 3. The number of nitrogens with two attached hydrogens (primary N) is 1. The van der Waals surface area contributed by atoms with Gasteiger partial charge in [0.15, 0.2) is 0 Å². The number of phenols is 1. The molecule has 0 aromatic heterocycles. The third kappa shape index (κ3) is 3.00. The highest BCUT2D eigenvalue weighted by molar-refractivity contribution is 5.92. The van der Waals surface area contributed by atoms with Gasteiger partial charge in [-0.15, -0.1) is 0 Å². The lowest BCUT2D eigenvalue weighted by Crippen LogP contribution is -2.27. The minimum Gasteiger partial charge on any atom is -0.508 e. The summed E-state index contributed by atoms with van der Waals surface area (Å²) in [4.78, 5) is 12.4. The molecule has 0 radical (unpaired) electrons. The first-order valence-electron chi connectivity index (χ1n) is 7.54. The van der Waals surface area contributed by atoms with Crippen LogP contribution in [0.3, 0.4) is 0 Å². The van der Waals surface area contributed by atoms with Gasteiger partial charge < -0.3 is 20.3 Å². The molecule has 1 aliphatic heterocycles. The number of benzene rings is 2. The van der Waals surface area contributed by atoms with Crippen LogP contribution in [-0.4, -0.2) is 17.7 Å². The third-order valence-electron chi connectivity index (χ3n) is 3.85. The molecule has 1 heterocycles. The monoisotopic (exact) mass is 347 g/mol. The molecule has 1 aliphatic rings. The molecule has 1 atom stereocenters. The Hall–Kier alpha value is -3.09. The van der Waals surface area contributed by atoms with E-state index in [-0.39, 0.29) is 35.1 Å². The van der Waals surface area contributed by atoms with Crippen molar-refractivity contribution in [3.8, 4) is 11.5 Å². The first kappa shape index (κ1) is 16.8. The van der Waals surface area contributed by atoms with Gasteiger partial charge in [-0.1, -0.05) is 12.1 Å². The zero-order valence-electron chi connectivity index (χ0n) is 13.3. The lowest BCUT2D eigenvalue weighted by Gasteiger charge is -2.28. The molecule has 0 bridgehead atoms. The number of esters is 1. The van der Waals surface area contributed by atoms with Crippen molar-refractivity contribution in [2.24, 2.45) is 5.73 Å². The van der Waals surface area contributed by atoms with Gasteiger partial charge in [0.05, 0.1) is 12.5 Å². The van der Waals surface area contributed by atoms with Gasteiger partial charge in [-0.2, -0.15) is 0 Å². The van der Waals surface area contributed by atoms with E-state index in [4.69, 9.17) is 15.2 Å². The number of aromatic hydroxyl groups is 1. The SMILES string of the molecule is CCOC(=O)C1=C(N)Oc2cc(O)ccc2[C@H]1c1ccc(F)cc1F. The van der Waals surface area contributed by atoms with Crippen LogP contribution in [0.25, 0.3) is 0 Å². The van der Waals surface area contributed by atoms with Crippen LogP contribution in [0.4, 0.5) is 8.78 Å². The summed E-state index contributed by atoms with van der Waals surface area (Å²) < 4.78 is 38.1. The number of halogens is 2. The number of hydrogen-bond donors (Lipinski definition) is 2. The summed E-state index contributed by atoms with van der Waals surface area (Å²) in [6.45, 7) is 1.72. The Balaban J connectivity index is 2.23. The average Bonchev–Trinajstić information content (AvgIpc) is 2.53. The second-order valence-corrected chi connectivity index (χ2v) is 5.42. The molecule has 0 fully saturated rings. The highest BCUT2D eigenvalue weighted by atomic mass is 19.1. The molecule has 2 aromatic rings. The van der Waals surface area contributed by atoms with Crippen molar-refractivity contribution >= 4 is 5.97 Å². The van der Waals surface area contributed by atoms with E-state index in [2.05, 4.69) is 0 Å². The smallest absolute Gasteiger partial charge is 0.340 e. The second kappa shape index (κ2) is 6.43. The van der Waals surface area contributed by atoms with Gasteiger partial charge in [0.1, 0.15) is 28.7 Å². The molecule has 0 aliphatic carbocycles. The Labute approximate surface area is 142 Å². The number of hydrogen-bond acceptors (Lipinski definition) is 5. The van der Waals surface area contributed by atoms with E-state index in [1.807, 2.05) is 0 Å². The number of carbonyl (C=O) groups excluding carboxylic acids is 1. The maximum Gasteiger partial charge on any atom is 0.340 e. The summed E-state index contributed by atoms with van der Waals surface area (Å²) in [5.74, 6) is -3.44. The van der Waals surface area contributed by atoms with Crippen molar-refractivity contribution in [3.05, 3.63) is 70.6 Å². The number of fused-ring (bicyclic) bond motifs is 1. The molecule has 3 N–H and O–H groups in total. The predicted molar refractivity (Wildman–Crippen MR) is 84.8 cm³/mol. The predicted octanol–water partition coefficient (Wildman–Crippen LogP) is 2.93. The van der Waals surface area contributed by atoms with Crippen LogP contribution in [0, 0.1) is 11.6 Å². The quantitative estimate of drug-likeness (QED) is 0.835. The Bertz CT molecular complexity index is 879. The third-order valence-corrected chi connectivity index (χ3v) is 3.85. The molecule has 5 nitrogen and oxygen atoms in total. The van der Waals surface area contributed by atoms with Crippen molar-refractivity contribution in [3.63, 3.8) is 0 Å². The van der Waals surface area contributed by atoms with Crippen LogP contribution in [0.5, 0.6) is 11.5 Å². The van der Waals surface area contributed by atoms with E-state index in [0.29, 0.717) is 5.56 Å². The van der Waals surface area contributed by atoms with E-state index in [1.54, 1.807) is 6.92 Å². The lowest BCUT2D eigenvalue weighted by atomic mass is 9.82. The first-order chi connectivity index (χ1) is 11.9. The second-order valence-electron chi connectivity index (χ2n) is 5.42. The fourth-order valence-electron chi connectivity index (χ4n) is 2.81. The molecule has 0 saturated heterocycles. The highest BCUT2D eigenvalue weighted by Gasteiger charge is 2.37. The van der Waals surface area contributed by atoms with Crippen molar-refractivity contribution in [2.45, 2.75) is 12.8 Å². The number of phenolic OH excluding ortho intramolecular Hbond substituents is 1. The van der Waals surface area contributed by atoms with Crippen LogP contribution < -0.4 is 10.5 Å². The molecule has 0 amide bonds. The lowest BCUT2D eigenvalue weighted by molar-refractivity contribution is -0.139. The Morgan fingerprint density at radius 3 is 2.64 bits per heavy atom. The standard InChI is InChI=1S/C18H15F2NO4/c1-2-24-18(23)16-15(11-5-3-9(19)7-13(11)20)12-6-4-10(22)8-14(12)25-17(16)21/h3-8,15,22H,2,21H2,1H3/t15-/m1/s1. The Kier molecular flexibility index (Phi) is 4.31. The van der Waals surface area contributed by atoms with Gasteiger partial charge in [-0.3, -0.25) is 0 Å². The molecule has 0 saturated carbocycles. The van der Waals surface area contributed by atoms with Crippen molar-refractivity contribution in [2.75, 3.05) is 6.61 Å². The molecular weight excluding hydrogens is 332 g/mol. The van der Waals surface area contributed by atoms with Gasteiger partial charge in [0, 0.05) is 23.3 Å². The zero-order valence-corrected chi connectivity index (χ0v) is 13.3. The number of carbonyl (C=O) groups is 1. The summed E-state index contributed by atoms with van der Waals surface area (Å²) in [5, 5.41) is 9.63. The molecule has 0 spiro atoms. The summed E-state index contributed by atoms with van der Waals surface area (Å²) in [6.07, 6.45) is 0. The highest BCUT2D eigenvalue weighted by Crippen LogP contribution is 2.44. The summed E-state index contributed by atoms with van der Waals surface area (Å²) in [7, 11) is 0. The van der Waals surface area contributed by atoms with Gasteiger partial charge in [0.2, 0.25) is 5.88 Å². The van der Waals surface area contributed by atoms with Gasteiger partial charge in [-0.25, -0.2) is 13.6 Å². The molecule has 3 rings (SSSR count). The van der Waals surface area contributed by atoms with Crippen LogP contribution >= 0.6 is 0 Å².